The van der Waals surface area contributed by atoms with Crippen LogP contribution in [0.4, 0.5) is 0 Å². The predicted molar refractivity (Wildman–Crippen MR) is 37.3 cm³/mol. The Kier molecular flexibility index (Phi) is 1.05. The smallest absolute Gasteiger partial charge is 0.201 e. The number of nitrogens with zero attached hydrogens (tertiary/aromatic N) is 1. The van der Waals surface area contributed by atoms with Crippen LogP contribution in [0.2, 0.25) is 0 Å². The molecule has 0 unspecified atom stereocenters. The first-order valence-electron chi connectivity index (χ1n) is 3.14. The highest BCUT2D eigenvalue weighted by Crippen LogP contribution is 2.19. The number of hydrogen-bond donors (Lipinski definition) is 1. The van der Waals surface area contributed by atoms with Crippen LogP contribution < -0.4 is 5.73 Å². The molecule has 0 aromatic rings. The Morgan fingerprint density at radius 3 is 3.30 bits per heavy atom. The summed E-state index contributed by atoms with van der Waals surface area (Å²) >= 11 is 0. The van der Waals surface area contributed by atoms with E-state index in [0.29, 0.717) is 0 Å². The summed E-state index contributed by atoms with van der Waals surface area (Å²) in [6.07, 6.45) is 9.13. The molecular weight excluding hydrogens is 128 g/mol. The van der Waals surface area contributed by atoms with Crippen molar-refractivity contribution >= 4 is 0 Å². The van der Waals surface area contributed by atoms with E-state index in [2.05, 4.69) is 0 Å². The average molecular weight is 136 g/mol. The maximum atomic E-state index is 5.59. The van der Waals surface area contributed by atoms with Gasteiger partial charge in [0.15, 0.2) is 0 Å². The van der Waals surface area contributed by atoms with Crippen molar-refractivity contribution in [3.05, 3.63) is 36.7 Å². The fourth-order valence-electron chi connectivity index (χ4n) is 0.961. The van der Waals surface area contributed by atoms with Crippen molar-refractivity contribution in [2.45, 2.75) is 6.04 Å². The van der Waals surface area contributed by atoms with Crippen LogP contribution in [-0.4, -0.2) is 10.9 Å². The van der Waals surface area contributed by atoms with E-state index in [-0.39, 0.29) is 6.04 Å². The first-order valence-corrected chi connectivity index (χ1v) is 3.14. The molecule has 0 radical (unpaired) electrons. The Balaban J connectivity index is 2.27. The molecule has 2 heterocycles. The number of nitrogens with two attached hydrogens (primary N) is 1. The molecule has 0 bridgehead atoms. The summed E-state index contributed by atoms with van der Waals surface area (Å²) in [4.78, 5) is 1.88. The van der Waals surface area contributed by atoms with Gasteiger partial charge in [0.1, 0.15) is 6.26 Å². The number of hydrogen-bond acceptors (Lipinski definition) is 3. The van der Waals surface area contributed by atoms with Gasteiger partial charge < -0.3 is 10.5 Å². The summed E-state index contributed by atoms with van der Waals surface area (Å²) in [5, 5.41) is 0. The van der Waals surface area contributed by atoms with Crippen molar-refractivity contribution in [1.29, 1.82) is 0 Å². The fourth-order valence-corrected chi connectivity index (χ4v) is 0.961. The molecule has 0 aromatic carbocycles. The first-order chi connectivity index (χ1) is 4.86. The second kappa shape index (κ2) is 1.88. The highest BCUT2D eigenvalue weighted by Gasteiger charge is 2.14. The first kappa shape index (κ1) is 5.56. The molecule has 10 heavy (non-hydrogen) atoms. The quantitative estimate of drug-likeness (QED) is 0.526. The minimum atomic E-state index is -0.00819. The van der Waals surface area contributed by atoms with Crippen molar-refractivity contribution in [2.24, 2.45) is 5.73 Å². The molecule has 52 valence electrons. The minimum absolute atomic E-state index is 0.00819. The van der Waals surface area contributed by atoms with Gasteiger partial charge in [-0.2, -0.15) is 0 Å². The van der Waals surface area contributed by atoms with Crippen molar-refractivity contribution in [3.8, 4) is 0 Å². The van der Waals surface area contributed by atoms with Gasteiger partial charge in [-0.1, -0.05) is 0 Å². The lowest BCUT2D eigenvalue weighted by molar-refractivity contribution is 0.300. The highest BCUT2D eigenvalue weighted by atomic mass is 16.5. The molecule has 2 aliphatic heterocycles. The van der Waals surface area contributed by atoms with E-state index < -0.39 is 0 Å². The second-order valence-corrected chi connectivity index (χ2v) is 2.23. The third-order valence-electron chi connectivity index (χ3n) is 1.47. The van der Waals surface area contributed by atoms with Crippen LogP contribution in [0.15, 0.2) is 36.7 Å². The van der Waals surface area contributed by atoms with Crippen LogP contribution in [0.3, 0.4) is 0 Å². The van der Waals surface area contributed by atoms with Crippen LogP contribution in [0.5, 0.6) is 0 Å². The zero-order chi connectivity index (χ0) is 6.97. The van der Waals surface area contributed by atoms with Gasteiger partial charge in [0.2, 0.25) is 5.88 Å². The van der Waals surface area contributed by atoms with Gasteiger partial charge in [0.05, 0.1) is 0 Å². The normalized spacial score (nSPS) is 27.9. The molecular formula is C7H8N2O. The molecule has 0 saturated carbocycles. The Morgan fingerprint density at radius 1 is 1.50 bits per heavy atom. The van der Waals surface area contributed by atoms with E-state index in [4.69, 9.17) is 10.5 Å². The van der Waals surface area contributed by atoms with Crippen LogP contribution in [0.25, 0.3) is 0 Å². The lowest BCUT2D eigenvalue weighted by Crippen LogP contribution is -2.21. The molecule has 0 aliphatic carbocycles. The van der Waals surface area contributed by atoms with Crippen LogP contribution in [0.1, 0.15) is 0 Å². The summed E-state index contributed by atoms with van der Waals surface area (Å²) in [6, 6.07) is -0.00819. The minimum Gasteiger partial charge on any atom is -0.447 e. The van der Waals surface area contributed by atoms with Crippen LogP contribution in [-0.2, 0) is 4.74 Å². The van der Waals surface area contributed by atoms with Crippen molar-refractivity contribution in [2.75, 3.05) is 0 Å². The summed E-state index contributed by atoms with van der Waals surface area (Å²) in [5.41, 5.74) is 5.59. The summed E-state index contributed by atoms with van der Waals surface area (Å²) < 4.78 is 5.10. The van der Waals surface area contributed by atoms with Gasteiger partial charge in [0, 0.05) is 18.4 Å². The van der Waals surface area contributed by atoms with Gasteiger partial charge in [-0.15, -0.1) is 0 Å². The molecule has 1 atom stereocenters. The monoisotopic (exact) mass is 136 g/mol. The number of ether oxygens (including phenoxy) is 1. The molecule has 2 rings (SSSR count). The van der Waals surface area contributed by atoms with Gasteiger partial charge in [-0.3, -0.25) is 4.90 Å². The molecule has 0 spiro atoms. The number of fused-ring (bicyclic) bond motifs is 1. The molecule has 3 nitrogen and oxygen atoms in total. The fraction of sp³-hybridized carbons (Fsp3) is 0.143. The summed E-state index contributed by atoms with van der Waals surface area (Å²) in [7, 11) is 0. The molecule has 2 N–H and O–H groups in total. The van der Waals surface area contributed by atoms with Crippen molar-refractivity contribution < 1.29 is 4.74 Å². The van der Waals surface area contributed by atoms with Gasteiger partial charge >= 0.3 is 0 Å². The SMILES string of the molecule is N[C@@H]1C=CN2C=COC2=C1. The standard InChI is InChI=1S/C7H8N2O/c8-6-1-2-9-3-4-10-7(9)5-6/h1-6H,8H2/t6-/m1/s1. The van der Waals surface area contributed by atoms with E-state index in [1.165, 1.54) is 0 Å². The average Bonchev–Trinajstić information content (AvgIpc) is 2.33. The zero-order valence-corrected chi connectivity index (χ0v) is 5.40. The van der Waals surface area contributed by atoms with Crippen LogP contribution >= 0.6 is 0 Å². The Bertz CT molecular complexity index is 230. The van der Waals surface area contributed by atoms with Gasteiger partial charge in [0.25, 0.3) is 0 Å². The van der Waals surface area contributed by atoms with Crippen molar-refractivity contribution in [1.82, 2.24) is 4.90 Å². The van der Waals surface area contributed by atoms with E-state index >= 15 is 0 Å². The van der Waals surface area contributed by atoms with E-state index in [1.807, 2.05) is 29.5 Å². The lowest BCUT2D eigenvalue weighted by Gasteiger charge is -2.16. The van der Waals surface area contributed by atoms with Gasteiger partial charge in [-0.25, -0.2) is 0 Å². The third kappa shape index (κ3) is 0.717. The molecule has 3 heteroatoms. The lowest BCUT2D eigenvalue weighted by atomic mass is 10.2. The number of rotatable bonds is 0. The van der Waals surface area contributed by atoms with E-state index in [0.717, 1.165) is 5.88 Å². The van der Waals surface area contributed by atoms with Crippen LogP contribution in [0, 0.1) is 0 Å². The van der Waals surface area contributed by atoms with Crippen molar-refractivity contribution in [3.63, 3.8) is 0 Å². The highest BCUT2D eigenvalue weighted by molar-refractivity contribution is 5.20. The topological polar surface area (TPSA) is 38.5 Å². The molecule has 0 amide bonds. The Morgan fingerprint density at radius 2 is 2.40 bits per heavy atom. The second-order valence-electron chi connectivity index (χ2n) is 2.23. The Labute approximate surface area is 59.1 Å². The molecule has 0 fully saturated rings. The zero-order valence-electron chi connectivity index (χ0n) is 5.40. The maximum absolute atomic E-state index is 5.59. The predicted octanol–water partition coefficient (Wildman–Crippen LogP) is 0.486. The molecule has 0 aromatic heterocycles. The largest absolute Gasteiger partial charge is 0.447 e. The molecule has 0 saturated heterocycles. The van der Waals surface area contributed by atoms with E-state index in [1.54, 1.807) is 6.26 Å². The third-order valence-corrected chi connectivity index (χ3v) is 1.47. The molecule has 2 aliphatic rings. The maximum Gasteiger partial charge on any atom is 0.201 e. The van der Waals surface area contributed by atoms with E-state index in [9.17, 15) is 0 Å². The summed E-state index contributed by atoms with van der Waals surface area (Å²) in [5.74, 6) is 0.801. The summed E-state index contributed by atoms with van der Waals surface area (Å²) in [6.45, 7) is 0. The van der Waals surface area contributed by atoms with Gasteiger partial charge in [-0.05, 0) is 12.2 Å². The Hall–Kier alpha value is -1.22.